The number of anilines is 1. The molecule has 1 aromatic heterocycles. The second-order valence-corrected chi connectivity index (χ2v) is 7.91. The van der Waals surface area contributed by atoms with Crippen molar-refractivity contribution in [1.82, 2.24) is 14.5 Å². The van der Waals surface area contributed by atoms with Crippen molar-refractivity contribution in [3.8, 4) is 0 Å². The van der Waals surface area contributed by atoms with Crippen molar-refractivity contribution >= 4 is 38.9 Å². The molecule has 1 fully saturated rings. The highest BCUT2D eigenvalue weighted by Crippen LogP contribution is 2.27. The molecule has 0 spiro atoms. The Kier molecular flexibility index (Phi) is 4.82. The molecule has 0 saturated carbocycles. The summed E-state index contributed by atoms with van der Waals surface area (Å²) < 4.78 is 26.8. The van der Waals surface area contributed by atoms with Crippen LogP contribution in [0.25, 0.3) is 0 Å². The number of aromatic amines is 1. The van der Waals surface area contributed by atoms with Crippen molar-refractivity contribution in [2.24, 2.45) is 0 Å². The molecule has 0 aliphatic carbocycles. The van der Waals surface area contributed by atoms with E-state index < -0.39 is 15.6 Å². The number of sulfonamides is 1. The van der Waals surface area contributed by atoms with Gasteiger partial charge >= 0.3 is 0 Å². The molecule has 0 amide bonds. The van der Waals surface area contributed by atoms with Gasteiger partial charge in [0.2, 0.25) is 10.0 Å². The van der Waals surface area contributed by atoms with Crippen LogP contribution in [0.1, 0.15) is 0 Å². The molecule has 24 heavy (non-hydrogen) atoms. The summed E-state index contributed by atoms with van der Waals surface area (Å²) in [5, 5.41) is 6.23. The van der Waals surface area contributed by atoms with Crippen LogP contribution in [0.15, 0.2) is 40.2 Å². The minimum atomic E-state index is -3.66. The van der Waals surface area contributed by atoms with Gasteiger partial charge in [0.1, 0.15) is 9.92 Å². The molecule has 0 bridgehead atoms. The quantitative estimate of drug-likeness (QED) is 0.862. The van der Waals surface area contributed by atoms with E-state index in [0.717, 1.165) is 0 Å². The van der Waals surface area contributed by atoms with E-state index in [9.17, 15) is 13.2 Å². The summed E-state index contributed by atoms with van der Waals surface area (Å²) in [7, 11) is -3.66. The Balaban J connectivity index is 1.79. The highest BCUT2D eigenvalue weighted by molar-refractivity contribution is 7.89. The number of piperazine rings is 1. The molecule has 1 saturated heterocycles. The average molecular weight is 389 g/mol. The molecule has 0 unspecified atom stereocenters. The first-order valence-corrected chi connectivity index (χ1v) is 9.33. The fourth-order valence-electron chi connectivity index (χ4n) is 2.56. The SMILES string of the molecule is O=c1[nH]ncc(N2CCN(S(=O)(=O)c3ccccc3Cl)CC2)c1Cl. The lowest BCUT2D eigenvalue weighted by molar-refractivity contribution is 0.384. The zero-order valence-corrected chi connectivity index (χ0v) is 14.8. The van der Waals surface area contributed by atoms with Crippen LogP contribution in [-0.4, -0.2) is 49.1 Å². The Bertz CT molecular complexity index is 908. The zero-order chi connectivity index (χ0) is 17.3. The summed E-state index contributed by atoms with van der Waals surface area (Å²) in [5.74, 6) is 0. The number of benzene rings is 1. The van der Waals surface area contributed by atoms with Crippen LogP contribution in [0.2, 0.25) is 10.0 Å². The predicted molar refractivity (Wildman–Crippen MR) is 92.3 cm³/mol. The first kappa shape index (κ1) is 17.2. The van der Waals surface area contributed by atoms with Gasteiger partial charge in [-0.2, -0.15) is 9.40 Å². The van der Waals surface area contributed by atoms with Gasteiger partial charge in [-0.1, -0.05) is 35.3 Å². The number of nitrogens with zero attached hydrogens (tertiary/aromatic N) is 3. The third kappa shape index (κ3) is 3.14. The van der Waals surface area contributed by atoms with E-state index in [1.165, 1.54) is 16.6 Å². The van der Waals surface area contributed by atoms with Crippen LogP contribution in [0.3, 0.4) is 0 Å². The number of halogens is 2. The Hall–Kier alpha value is -1.61. The number of rotatable bonds is 3. The Morgan fingerprint density at radius 1 is 1.08 bits per heavy atom. The molecular weight excluding hydrogens is 375 g/mol. The van der Waals surface area contributed by atoms with E-state index in [-0.39, 0.29) is 28.0 Å². The van der Waals surface area contributed by atoms with Crippen LogP contribution in [0.4, 0.5) is 5.69 Å². The number of hydrogen-bond acceptors (Lipinski definition) is 5. The van der Waals surface area contributed by atoms with Crippen molar-refractivity contribution in [3.63, 3.8) is 0 Å². The van der Waals surface area contributed by atoms with E-state index >= 15 is 0 Å². The Morgan fingerprint density at radius 2 is 1.75 bits per heavy atom. The summed E-state index contributed by atoms with van der Waals surface area (Å²) in [5.41, 5.74) is 0.0236. The highest BCUT2D eigenvalue weighted by atomic mass is 35.5. The van der Waals surface area contributed by atoms with E-state index in [4.69, 9.17) is 23.2 Å². The lowest BCUT2D eigenvalue weighted by atomic mass is 10.3. The Labute approximate surface area is 148 Å². The Morgan fingerprint density at radius 3 is 2.42 bits per heavy atom. The summed E-state index contributed by atoms with van der Waals surface area (Å²) in [6, 6.07) is 6.35. The van der Waals surface area contributed by atoms with Crippen molar-refractivity contribution in [2.75, 3.05) is 31.1 Å². The van der Waals surface area contributed by atoms with Crippen molar-refractivity contribution in [2.45, 2.75) is 4.90 Å². The van der Waals surface area contributed by atoms with Gasteiger partial charge in [0.25, 0.3) is 5.56 Å². The lowest BCUT2D eigenvalue weighted by Crippen LogP contribution is -2.49. The molecule has 0 atom stereocenters. The van der Waals surface area contributed by atoms with Gasteiger partial charge in [-0.15, -0.1) is 0 Å². The minimum absolute atomic E-state index is 0.0485. The molecule has 128 valence electrons. The van der Waals surface area contributed by atoms with Crippen LogP contribution in [-0.2, 0) is 10.0 Å². The number of aromatic nitrogens is 2. The highest BCUT2D eigenvalue weighted by Gasteiger charge is 2.30. The molecule has 3 rings (SSSR count). The monoisotopic (exact) mass is 388 g/mol. The van der Waals surface area contributed by atoms with Gasteiger partial charge in [0.15, 0.2) is 0 Å². The van der Waals surface area contributed by atoms with Crippen LogP contribution >= 0.6 is 23.2 Å². The number of H-pyrrole nitrogens is 1. The summed E-state index contributed by atoms with van der Waals surface area (Å²) in [6.07, 6.45) is 1.46. The first-order valence-electron chi connectivity index (χ1n) is 7.14. The van der Waals surface area contributed by atoms with E-state index in [1.807, 2.05) is 4.90 Å². The minimum Gasteiger partial charge on any atom is -0.366 e. The third-order valence-electron chi connectivity index (χ3n) is 3.81. The summed E-state index contributed by atoms with van der Waals surface area (Å²) >= 11 is 12.0. The fourth-order valence-corrected chi connectivity index (χ4v) is 4.68. The molecule has 7 nitrogen and oxygen atoms in total. The van der Waals surface area contributed by atoms with Crippen LogP contribution in [0.5, 0.6) is 0 Å². The van der Waals surface area contributed by atoms with Crippen LogP contribution in [0, 0.1) is 0 Å². The van der Waals surface area contributed by atoms with E-state index in [0.29, 0.717) is 18.8 Å². The van der Waals surface area contributed by atoms with Gasteiger partial charge in [-0.25, -0.2) is 13.5 Å². The molecule has 1 aromatic carbocycles. The van der Waals surface area contributed by atoms with Crippen LogP contribution < -0.4 is 10.5 Å². The zero-order valence-electron chi connectivity index (χ0n) is 12.4. The van der Waals surface area contributed by atoms with Crippen molar-refractivity contribution in [1.29, 1.82) is 0 Å². The average Bonchev–Trinajstić information content (AvgIpc) is 2.58. The largest absolute Gasteiger partial charge is 0.366 e. The second-order valence-electron chi connectivity index (χ2n) is 5.22. The fraction of sp³-hybridized carbons (Fsp3) is 0.286. The number of nitrogens with one attached hydrogen (secondary N) is 1. The standard InChI is InChI=1S/C14H14Cl2N4O3S/c15-10-3-1-2-4-12(10)24(22,23)20-7-5-19(6-8-20)11-9-17-18-14(21)13(11)16/h1-4,9H,5-8H2,(H,18,21). The van der Waals surface area contributed by atoms with E-state index in [1.54, 1.807) is 18.2 Å². The predicted octanol–water partition coefficient (Wildman–Crippen LogP) is 1.59. The molecular formula is C14H14Cl2N4O3S. The molecule has 2 heterocycles. The van der Waals surface area contributed by atoms with Gasteiger partial charge in [-0.05, 0) is 12.1 Å². The molecule has 0 radical (unpaired) electrons. The third-order valence-corrected chi connectivity index (χ3v) is 6.57. The molecule has 1 N–H and O–H groups in total. The molecule has 1 aliphatic rings. The maximum Gasteiger partial charge on any atom is 0.285 e. The summed E-state index contributed by atoms with van der Waals surface area (Å²) in [4.78, 5) is 13.5. The maximum atomic E-state index is 12.7. The smallest absolute Gasteiger partial charge is 0.285 e. The lowest BCUT2D eigenvalue weighted by Gasteiger charge is -2.35. The topological polar surface area (TPSA) is 86.4 Å². The molecule has 1 aliphatic heterocycles. The van der Waals surface area contributed by atoms with Gasteiger partial charge < -0.3 is 4.90 Å². The van der Waals surface area contributed by atoms with Gasteiger partial charge in [-0.3, -0.25) is 4.79 Å². The normalized spacial score (nSPS) is 16.3. The molecule has 2 aromatic rings. The van der Waals surface area contributed by atoms with Gasteiger partial charge in [0, 0.05) is 26.2 Å². The number of hydrogen-bond donors (Lipinski definition) is 1. The first-order chi connectivity index (χ1) is 11.4. The van der Waals surface area contributed by atoms with Crippen molar-refractivity contribution < 1.29 is 8.42 Å². The summed E-state index contributed by atoms with van der Waals surface area (Å²) in [6.45, 7) is 1.32. The van der Waals surface area contributed by atoms with Crippen molar-refractivity contribution in [3.05, 3.63) is 50.9 Å². The van der Waals surface area contributed by atoms with Gasteiger partial charge in [0.05, 0.1) is 16.9 Å². The van der Waals surface area contributed by atoms with E-state index in [2.05, 4.69) is 10.2 Å². The molecule has 10 heteroatoms. The maximum absolute atomic E-state index is 12.7. The second kappa shape index (κ2) is 6.72.